The summed E-state index contributed by atoms with van der Waals surface area (Å²) in [5.41, 5.74) is 2.97. The maximum absolute atomic E-state index is 13.4. The summed E-state index contributed by atoms with van der Waals surface area (Å²) in [5, 5.41) is 8.72. The Kier molecular flexibility index (Phi) is 5.44. The van der Waals surface area contributed by atoms with Crippen LogP contribution in [-0.2, 0) is 24.4 Å². The van der Waals surface area contributed by atoms with Gasteiger partial charge in [0.1, 0.15) is 17.9 Å². The molecule has 2 aromatic heterocycles. The molecule has 0 saturated carbocycles. The van der Waals surface area contributed by atoms with Gasteiger partial charge in [0.25, 0.3) is 5.56 Å². The van der Waals surface area contributed by atoms with E-state index >= 15 is 0 Å². The minimum Gasteiger partial charge on any atom is -0.350 e. The van der Waals surface area contributed by atoms with E-state index in [-0.39, 0.29) is 30.4 Å². The van der Waals surface area contributed by atoms with Crippen molar-refractivity contribution in [3.63, 3.8) is 0 Å². The third-order valence-corrected chi connectivity index (χ3v) is 5.65. The van der Waals surface area contributed by atoms with Gasteiger partial charge in [-0.2, -0.15) is 5.10 Å². The summed E-state index contributed by atoms with van der Waals surface area (Å²) >= 11 is 0. The highest BCUT2D eigenvalue weighted by molar-refractivity contribution is 6.07. The van der Waals surface area contributed by atoms with E-state index in [1.807, 2.05) is 59.2 Å². The van der Waals surface area contributed by atoms with Gasteiger partial charge in [-0.1, -0.05) is 60.7 Å². The van der Waals surface area contributed by atoms with Gasteiger partial charge in [0.2, 0.25) is 5.91 Å². The molecule has 0 atom stereocenters. The molecule has 0 aliphatic rings. The summed E-state index contributed by atoms with van der Waals surface area (Å²) in [7, 11) is 0. The lowest BCUT2D eigenvalue weighted by Gasteiger charge is -2.09. The van der Waals surface area contributed by atoms with Crippen LogP contribution in [0.25, 0.3) is 21.8 Å². The number of hydrogen-bond donors (Lipinski definition) is 1. The Labute approximate surface area is 188 Å². The number of hydrogen-bond acceptors (Lipinski definition) is 3. The molecule has 7 heteroatoms. The first-order valence-electron chi connectivity index (χ1n) is 10.6. The average Bonchev–Trinajstić information content (AvgIpc) is 3.15. The van der Waals surface area contributed by atoms with Crippen molar-refractivity contribution in [2.75, 3.05) is 0 Å². The molecule has 0 fully saturated rings. The number of rotatable bonds is 6. The van der Waals surface area contributed by atoms with Crippen LogP contribution in [0.4, 0.5) is 4.39 Å². The van der Waals surface area contributed by atoms with Crippen LogP contribution in [0.1, 0.15) is 11.1 Å². The highest BCUT2D eigenvalue weighted by Crippen LogP contribution is 2.27. The number of carbonyl (C=O) groups is 1. The lowest BCUT2D eigenvalue weighted by Crippen LogP contribution is -2.33. The van der Waals surface area contributed by atoms with Crippen molar-refractivity contribution in [3.05, 3.63) is 112 Å². The normalized spacial score (nSPS) is 11.2. The Bertz CT molecular complexity index is 1510. The quantitative estimate of drug-likeness (QED) is 0.436. The summed E-state index contributed by atoms with van der Waals surface area (Å²) < 4.78 is 16.2. The molecule has 0 aliphatic heterocycles. The van der Waals surface area contributed by atoms with Gasteiger partial charge in [-0.15, -0.1) is 0 Å². The molecule has 3 aromatic carbocycles. The standard InChI is InChI=1S/C26H21FN4O2/c27-20-12-10-18(11-13-20)14-28-24(32)17-31-26(33)25-22(15-29-31)21-8-4-5-9-23(21)30(25)16-19-6-2-1-3-7-19/h1-13,15H,14,16-17H2,(H,28,32). The predicted octanol–water partition coefficient (Wildman–Crippen LogP) is 3.86. The number of halogens is 1. The number of amides is 1. The Hall–Kier alpha value is -4.26. The van der Waals surface area contributed by atoms with E-state index in [4.69, 9.17) is 0 Å². The number of fused-ring (bicyclic) bond motifs is 3. The molecule has 1 amide bonds. The van der Waals surface area contributed by atoms with Crippen LogP contribution in [0.3, 0.4) is 0 Å². The summed E-state index contributed by atoms with van der Waals surface area (Å²) in [4.78, 5) is 25.9. The van der Waals surface area contributed by atoms with E-state index in [1.54, 1.807) is 18.3 Å². The first-order chi connectivity index (χ1) is 16.1. The number of carbonyl (C=O) groups excluding carboxylic acids is 1. The van der Waals surface area contributed by atoms with Gasteiger partial charge in [-0.05, 0) is 29.3 Å². The molecular weight excluding hydrogens is 419 g/mol. The molecule has 2 heterocycles. The van der Waals surface area contributed by atoms with Gasteiger partial charge in [-0.3, -0.25) is 9.59 Å². The highest BCUT2D eigenvalue weighted by atomic mass is 19.1. The molecule has 0 saturated heterocycles. The van der Waals surface area contributed by atoms with Gasteiger partial charge in [0, 0.05) is 29.4 Å². The summed E-state index contributed by atoms with van der Waals surface area (Å²) in [6.45, 7) is 0.564. The van der Waals surface area contributed by atoms with Crippen molar-refractivity contribution >= 4 is 27.7 Å². The predicted molar refractivity (Wildman–Crippen MR) is 125 cm³/mol. The Morgan fingerprint density at radius 2 is 1.61 bits per heavy atom. The molecule has 164 valence electrons. The molecule has 0 radical (unpaired) electrons. The van der Waals surface area contributed by atoms with Gasteiger partial charge in [-0.25, -0.2) is 9.07 Å². The van der Waals surface area contributed by atoms with Gasteiger partial charge < -0.3 is 9.88 Å². The number of nitrogens with zero attached hydrogens (tertiary/aromatic N) is 3. The van der Waals surface area contributed by atoms with Crippen LogP contribution in [0.2, 0.25) is 0 Å². The van der Waals surface area contributed by atoms with E-state index in [0.29, 0.717) is 12.1 Å². The van der Waals surface area contributed by atoms with E-state index in [9.17, 15) is 14.0 Å². The smallest absolute Gasteiger partial charge is 0.291 e. The Balaban J connectivity index is 1.48. The first-order valence-corrected chi connectivity index (χ1v) is 10.6. The third kappa shape index (κ3) is 4.13. The molecule has 5 rings (SSSR count). The number of nitrogens with one attached hydrogen (secondary N) is 1. The maximum Gasteiger partial charge on any atom is 0.291 e. The first kappa shape index (κ1) is 20.6. The molecule has 5 aromatic rings. The number of aromatic nitrogens is 3. The Morgan fingerprint density at radius 3 is 2.39 bits per heavy atom. The zero-order valence-corrected chi connectivity index (χ0v) is 17.7. The summed E-state index contributed by atoms with van der Waals surface area (Å²) in [6, 6.07) is 23.6. The number of para-hydroxylation sites is 1. The average molecular weight is 440 g/mol. The SMILES string of the molecule is O=C(Cn1ncc2c3ccccc3n(Cc3ccccc3)c2c1=O)NCc1ccc(F)cc1. The largest absolute Gasteiger partial charge is 0.350 e. The van der Waals surface area contributed by atoms with E-state index < -0.39 is 0 Å². The molecular formula is C26H21FN4O2. The van der Waals surface area contributed by atoms with Crippen molar-refractivity contribution in [3.8, 4) is 0 Å². The van der Waals surface area contributed by atoms with E-state index in [0.717, 1.165) is 27.4 Å². The van der Waals surface area contributed by atoms with E-state index in [1.165, 1.54) is 16.8 Å². The minimum absolute atomic E-state index is 0.206. The second-order valence-electron chi connectivity index (χ2n) is 7.86. The fraction of sp³-hybridized carbons (Fsp3) is 0.115. The highest BCUT2D eigenvalue weighted by Gasteiger charge is 2.17. The van der Waals surface area contributed by atoms with Crippen molar-refractivity contribution in [1.29, 1.82) is 0 Å². The zero-order chi connectivity index (χ0) is 22.8. The minimum atomic E-state index is -0.348. The second-order valence-corrected chi connectivity index (χ2v) is 7.86. The van der Waals surface area contributed by atoms with Crippen LogP contribution >= 0.6 is 0 Å². The van der Waals surface area contributed by atoms with Gasteiger partial charge in [0.05, 0.1) is 6.20 Å². The molecule has 0 unspecified atom stereocenters. The zero-order valence-electron chi connectivity index (χ0n) is 17.7. The van der Waals surface area contributed by atoms with Gasteiger partial charge >= 0.3 is 0 Å². The van der Waals surface area contributed by atoms with Crippen LogP contribution in [0.5, 0.6) is 0 Å². The van der Waals surface area contributed by atoms with Crippen molar-refractivity contribution in [2.24, 2.45) is 0 Å². The molecule has 0 aliphatic carbocycles. The molecule has 0 bridgehead atoms. The van der Waals surface area contributed by atoms with Crippen LogP contribution in [-0.4, -0.2) is 20.3 Å². The summed E-state index contributed by atoms with van der Waals surface area (Å²) in [6.07, 6.45) is 1.65. The topological polar surface area (TPSA) is 68.9 Å². The lowest BCUT2D eigenvalue weighted by molar-refractivity contribution is -0.122. The Morgan fingerprint density at radius 1 is 0.879 bits per heavy atom. The van der Waals surface area contributed by atoms with Crippen molar-refractivity contribution < 1.29 is 9.18 Å². The summed E-state index contributed by atoms with van der Waals surface area (Å²) in [5.74, 6) is -0.681. The van der Waals surface area contributed by atoms with Crippen molar-refractivity contribution in [1.82, 2.24) is 19.7 Å². The fourth-order valence-corrected chi connectivity index (χ4v) is 4.03. The molecule has 6 nitrogen and oxygen atoms in total. The van der Waals surface area contributed by atoms with Gasteiger partial charge in [0.15, 0.2) is 0 Å². The van der Waals surface area contributed by atoms with E-state index in [2.05, 4.69) is 10.4 Å². The van der Waals surface area contributed by atoms with Crippen LogP contribution < -0.4 is 10.9 Å². The molecule has 0 spiro atoms. The monoisotopic (exact) mass is 440 g/mol. The number of benzene rings is 3. The second kappa shape index (κ2) is 8.70. The molecule has 1 N–H and O–H groups in total. The third-order valence-electron chi connectivity index (χ3n) is 5.65. The lowest BCUT2D eigenvalue weighted by atomic mass is 10.2. The maximum atomic E-state index is 13.4. The molecule has 33 heavy (non-hydrogen) atoms. The van der Waals surface area contributed by atoms with Crippen LogP contribution in [0, 0.1) is 5.82 Å². The van der Waals surface area contributed by atoms with Crippen LogP contribution in [0.15, 0.2) is 89.9 Å². The fourth-order valence-electron chi connectivity index (χ4n) is 4.03. The van der Waals surface area contributed by atoms with Crippen molar-refractivity contribution in [2.45, 2.75) is 19.6 Å².